The first-order valence-electron chi connectivity index (χ1n) is 11.5. The third-order valence-corrected chi connectivity index (χ3v) is 7.93. The van der Waals surface area contributed by atoms with Gasteiger partial charge in [-0.05, 0) is 72.5 Å². The van der Waals surface area contributed by atoms with Crippen molar-refractivity contribution in [3.8, 4) is 0 Å². The smallest absolute Gasteiger partial charge is 0.271 e. The summed E-state index contributed by atoms with van der Waals surface area (Å²) in [5.41, 5.74) is 13.3. The zero-order chi connectivity index (χ0) is 23.7. The Morgan fingerprint density at radius 3 is 1.82 bits per heavy atom. The van der Waals surface area contributed by atoms with E-state index in [-0.39, 0.29) is 29.8 Å². The molecule has 4 N–H and O–H groups in total. The topological polar surface area (TPSA) is 79.5 Å². The summed E-state index contributed by atoms with van der Waals surface area (Å²) in [7, 11) is 0. The number of anilines is 1. The Morgan fingerprint density at radius 1 is 0.824 bits per heavy atom. The van der Waals surface area contributed by atoms with E-state index in [1.165, 1.54) is 11.1 Å². The van der Waals surface area contributed by atoms with Crippen molar-refractivity contribution in [3.05, 3.63) is 98.4 Å². The van der Waals surface area contributed by atoms with Gasteiger partial charge in [0, 0.05) is 49.8 Å². The van der Waals surface area contributed by atoms with Gasteiger partial charge in [0.15, 0.2) is 0 Å². The molecule has 4 atom stereocenters. The summed E-state index contributed by atoms with van der Waals surface area (Å²) >= 11 is 7.11. The number of nitrogens with zero attached hydrogens (tertiary/aromatic N) is 1. The van der Waals surface area contributed by atoms with Crippen LogP contribution in [0.1, 0.15) is 52.8 Å². The molecular formula is C27H26Br2N4O. The molecule has 2 fully saturated rings. The number of nitrogen functional groups attached to an aromatic ring is 1. The molecule has 7 heteroatoms. The van der Waals surface area contributed by atoms with Crippen LogP contribution in [-0.2, 0) is 0 Å². The van der Waals surface area contributed by atoms with E-state index >= 15 is 0 Å². The van der Waals surface area contributed by atoms with E-state index in [4.69, 9.17) is 10.8 Å². The van der Waals surface area contributed by atoms with Crippen molar-refractivity contribution >= 4 is 49.2 Å². The standard InChI is InChI=1S/C27H26Br2N4O/c28-19-10-4-16(5-11-19)24-22-2-1-3-23(25(31-24)17-6-12-20(29)13-7-17)26(22)32-33-27(34)18-8-14-21(30)15-9-18/h4-15,22-25,31H,1-3,30H2,(H,33,34). The van der Waals surface area contributed by atoms with E-state index in [1.807, 2.05) is 0 Å². The summed E-state index contributed by atoms with van der Waals surface area (Å²) in [6.07, 6.45) is 3.21. The molecule has 3 aromatic carbocycles. The van der Waals surface area contributed by atoms with Gasteiger partial charge in [0.25, 0.3) is 5.91 Å². The number of benzene rings is 3. The molecule has 174 valence electrons. The SMILES string of the molecule is Nc1ccc(C(=O)NN=C2C3CCCC2C(c2ccc(Br)cc2)NC3c2ccc(Br)cc2)cc1. The molecule has 2 aliphatic rings. The Morgan fingerprint density at radius 2 is 1.32 bits per heavy atom. The second-order valence-electron chi connectivity index (χ2n) is 8.97. The van der Waals surface area contributed by atoms with Gasteiger partial charge in [0.1, 0.15) is 0 Å². The Hall–Kier alpha value is -2.48. The molecule has 2 bridgehead atoms. The van der Waals surface area contributed by atoms with Crippen molar-refractivity contribution in [2.75, 3.05) is 5.73 Å². The number of piperidine rings is 1. The highest BCUT2D eigenvalue weighted by atomic mass is 79.9. The number of amides is 1. The molecule has 1 aliphatic heterocycles. The van der Waals surface area contributed by atoms with Crippen LogP contribution < -0.4 is 16.5 Å². The van der Waals surface area contributed by atoms with E-state index in [1.54, 1.807) is 24.3 Å². The van der Waals surface area contributed by atoms with Gasteiger partial charge in [0.05, 0.1) is 0 Å². The molecule has 3 aromatic rings. The van der Waals surface area contributed by atoms with Crippen molar-refractivity contribution in [3.63, 3.8) is 0 Å². The minimum Gasteiger partial charge on any atom is -0.399 e. The van der Waals surface area contributed by atoms with Crippen LogP contribution in [0.4, 0.5) is 5.69 Å². The summed E-state index contributed by atoms with van der Waals surface area (Å²) in [6, 6.07) is 24.1. The number of nitrogens with one attached hydrogen (secondary N) is 2. The first-order chi connectivity index (χ1) is 16.5. The van der Waals surface area contributed by atoms with Gasteiger partial charge in [-0.1, -0.05) is 62.5 Å². The maximum atomic E-state index is 12.8. The van der Waals surface area contributed by atoms with Gasteiger partial charge < -0.3 is 11.1 Å². The van der Waals surface area contributed by atoms with Gasteiger partial charge in [-0.25, -0.2) is 5.43 Å². The van der Waals surface area contributed by atoms with Gasteiger partial charge in [0.2, 0.25) is 0 Å². The van der Waals surface area contributed by atoms with Crippen LogP contribution in [0.5, 0.6) is 0 Å². The molecule has 4 unspecified atom stereocenters. The number of hydrogen-bond donors (Lipinski definition) is 3. The Balaban J connectivity index is 1.50. The molecule has 1 saturated heterocycles. The first-order valence-corrected chi connectivity index (χ1v) is 13.1. The molecule has 1 saturated carbocycles. The zero-order valence-electron chi connectivity index (χ0n) is 18.5. The van der Waals surface area contributed by atoms with E-state index in [2.05, 4.69) is 91.1 Å². The highest BCUT2D eigenvalue weighted by Gasteiger charge is 2.45. The molecule has 34 heavy (non-hydrogen) atoms. The monoisotopic (exact) mass is 580 g/mol. The van der Waals surface area contributed by atoms with Gasteiger partial charge >= 0.3 is 0 Å². The molecule has 5 nitrogen and oxygen atoms in total. The fourth-order valence-corrected chi connectivity index (χ4v) is 5.74. The normalized spacial score (nSPS) is 23.9. The molecule has 1 heterocycles. The van der Waals surface area contributed by atoms with Crippen LogP contribution in [-0.4, -0.2) is 11.6 Å². The molecule has 0 spiro atoms. The predicted octanol–water partition coefficient (Wildman–Crippen LogP) is 6.38. The van der Waals surface area contributed by atoms with Crippen molar-refractivity contribution in [2.24, 2.45) is 16.9 Å². The Labute approximate surface area is 216 Å². The number of carbonyl (C=O) groups excluding carboxylic acids is 1. The molecule has 0 aromatic heterocycles. The number of hydrazone groups is 1. The lowest BCUT2D eigenvalue weighted by Gasteiger charge is -2.47. The summed E-state index contributed by atoms with van der Waals surface area (Å²) in [6.45, 7) is 0. The summed E-state index contributed by atoms with van der Waals surface area (Å²) in [5.74, 6) is 0.223. The minimum atomic E-state index is -0.218. The molecular weight excluding hydrogens is 556 g/mol. The number of fused-ring (bicyclic) bond motifs is 2. The minimum absolute atomic E-state index is 0.116. The number of halogens is 2. The maximum absolute atomic E-state index is 12.8. The summed E-state index contributed by atoms with van der Waals surface area (Å²) in [4.78, 5) is 12.8. The third-order valence-electron chi connectivity index (χ3n) is 6.87. The number of nitrogens with two attached hydrogens (primary N) is 1. The van der Waals surface area contributed by atoms with Gasteiger partial charge in [-0.3, -0.25) is 4.79 Å². The highest BCUT2D eigenvalue weighted by Crippen LogP contribution is 2.46. The average molecular weight is 582 g/mol. The lowest BCUT2D eigenvalue weighted by molar-refractivity contribution is 0.0953. The fraction of sp³-hybridized carbons (Fsp3) is 0.259. The molecule has 0 radical (unpaired) electrons. The van der Waals surface area contributed by atoms with Crippen molar-refractivity contribution in [1.82, 2.24) is 10.7 Å². The largest absolute Gasteiger partial charge is 0.399 e. The van der Waals surface area contributed by atoms with E-state index < -0.39 is 0 Å². The lowest BCUT2D eigenvalue weighted by Crippen LogP contribution is -2.51. The quantitative estimate of drug-likeness (QED) is 0.247. The van der Waals surface area contributed by atoms with Crippen LogP contribution >= 0.6 is 31.9 Å². The van der Waals surface area contributed by atoms with Crippen molar-refractivity contribution in [2.45, 2.75) is 31.3 Å². The Bertz CT molecular complexity index is 1130. The van der Waals surface area contributed by atoms with Crippen molar-refractivity contribution < 1.29 is 4.79 Å². The molecule has 1 aliphatic carbocycles. The number of rotatable bonds is 4. The van der Waals surface area contributed by atoms with E-state index in [0.717, 1.165) is 33.9 Å². The summed E-state index contributed by atoms with van der Waals surface area (Å²) in [5, 5.41) is 8.72. The van der Waals surface area contributed by atoms with Crippen LogP contribution in [0.2, 0.25) is 0 Å². The zero-order valence-corrected chi connectivity index (χ0v) is 21.7. The predicted molar refractivity (Wildman–Crippen MR) is 143 cm³/mol. The molecule has 5 rings (SSSR count). The van der Waals surface area contributed by atoms with Gasteiger partial charge in [-0.15, -0.1) is 0 Å². The van der Waals surface area contributed by atoms with E-state index in [0.29, 0.717) is 11.3 Å². The second-order valence-corrected chi connectivity index (χ2v) is 10.8. The lowest BCUT2D eigenvalue weighted by atomic mass is 9.67. The van der Waals surface area contributed by atoms with Crippen molar-refractivity contribution in [1.29, 1.82) is 0 Å². The van der Waals surface area contributed by atoms with Gasteiger partial charge in [-0.2, -0.15) is 5.10 Å². The highest BCUT2D eigenvalue weighted by molar-refractivity contribution is 9.10. The summed E-state index contributed by atoms with van der Waals surface area (Å²) < 4.78 is 2.12. The maximum Gasteiger partial charge on any atom is 0.271 e. The molecule has 1 amide bonds. The fourth-order valence-electron chi connectivity index (χ4n) is 5.21. The van der Waals surface area contributed by atoms with Crippen LogP contribution in [0.25, 0.3) is 0 Å². The average Bonchev–Trinajstić information content (AvgIpc) is 2.84. The number of hydrogen-bond acceptors (Lipinski definition) is 4. The Kier molecular flexibility index (Phi) is 6.86. The van der Waals surface area contributed by atoms with Crippen LogP contribution in [0.15, 0.2) is 86.8 Å². The first kappa shape index (κ1) is 23.3. The van der Waals surface area contributed by atoms with E-state index in [9.17, 15) is 4.79 Å². The number of carbonyl (C=O) groups is 1. The second kappa shape index (κ2) is 10.0. The van der Waals surface area contributed by atoms with Crippen LogP contribution in [0, 0.1) is 11.8 Å². The third kappa shape index (κ3) is 4.83. The van der Waals surface area contributed by atoms with Crippen LogP contribution in [0.3, 0.4) is 0 Å².